The zero-order chi connectivity index (χ0) is 20.8. The van der Waals surface area contributed by atoms with Crippen LogP contribution in [0, 0.1) is 0 Å². The van der Waals surface area contributed by atoms with E-state index in [1.807, 2.05) is 24.3 Å². The second-order valence-corrected chi connectivity index (χ2v) is 6.80. The van der Waals surface area contributed by atoms with Crippen LogP contribution in [-0.4, -0.2) is 26.2 Å². The van der Waals surface area contributed by atoms with Gasteiger partial charge in [-0.15, -0.1) is 10.2 Å². The van der Waals surface area contributed by atoms with Crippen LogP contribution in [0.25, 0.3) is 11.1 Å². The minimum Gasteiger partial charge on any atom is -0.465 e. The van der Waals surface area contributed by atoms with Gasteiger partial charge in [0.05, 0.1) is 36.7 Å². The Kier molecular flexibility index (Phi) is 6.51. The smallest absolute Gasteiger partial charge is 0.337 e. The van der Waals surface area contributed by atoms with Gasteiger partial charge in [0.25, 0.3) is 0 Å². The molecule has 3 aromatic rings. The van der Waals surface area contributed by atoms with Gasteiger partial charge in [-0.3, -0.25) is 0 Å². The molecule has 0 radical (unpaired) electrons. The third-order valence-corrected chi connectivity index (χ3v) is 4.82. The van der Waals surface area contributed by atoms with Crippen molar-refractivity contribution in [2.75, 3.05) is 14.2 Å². The number of carbonyl (C=O) groups is 2. The van der Waals surface area contributed by atoms with Crippen molar-refractivity contribution in [2.45, 2.75) is 0 Å². The van der Waals surface area contributed by atoms with Gasteiger partial charge in [0.2, 0.25) is 0 Å². The van der Waals surface area contributed by atoms with Crippen LogP contribution in [-0.2, 0) is 9.47 Å². The van der Waals surface area contributed by atoms with Crippen LogP contribution in [0.1, 0.15) is 20.7 Å². The van der Waals surface area contributed by atoms with Crippen molar-refractivity contribution < 1.29 is 19.1 Å². The van der Waals surface area contributed by atoms with Gasteiger partial charge in [0.1, 0.15) is 0 Å². The Hall–Kier alpha value is -3.32. The van der Waals surface area contributed by atoms with E-state index in [0.29, 0.717) is 22.5 Å². The largest absolute Gasteiger partial charge is 0.465 e. The third kappa shape index (κ3) is 4.75. The van der Waals surface area contributed by atoms with E-state index < -0.39 is 11.9 Å². The maximum absolute atomic E-state index is 11.9. The van der Waals surface area contributed by atoms with E-state index >= 15 is 0 Å². The number of hydrogen-bond donors (Lipinski definition) is 0. The van der Waals surface area contributed by atoms with Crippen molar-refractivity contribution in [3.63, 3.8) is 0 Å². The molecular formula is C22H17BrN2O4. The van der Waals surface area contributed by atoms with E-state index in [1.54, 1.807) is 42.5 Å². The molecule has 6 nitrogen and oxygen atoms in total. The van der Waals surface area contributed by atoms with Crippen molar-refractivity contribution in [1.29, 1.82) is 0 Å². The van der Waals surface area contributed by atoms with Crippen molar-refractivity contribution in [3.8, 4) is 11.1 Å². The molecule has 0 unspecified atom stereocenters. The van der Waals surface area contributed by atoms with Gasteiger partial charge in [-0.2, -0.15) is 0 Å². The Labute approximate surface area is 176 Å². The van der Waals surface area contributed by atoms with E-state index in [-0.39, 0.29) is 0 Å². The number of benzene rings is 3. The summed E-state index contributed by atoms with van der Waals surface area (Å²) in [4.78, 5) is 23.6. The highest BCUT2D eigenvalue weighted by Gasteiger charge is 2.13. The SMILES string of the molecule is COC(=O)c1ccc(-c2ccc(C(=O)OC)cc2N=Nc2ccccc2Br)cc1. The average Bonchev–Trinajstić information content (AvgIpc) is 2.77. The molecule has 0 atom stereocenters. The lowest BCUT2D eigenvalue weighted by molar-refractivity contribution is 0.0592. The van der Waals surface area contributed by atoms with Gasteiger partial charge < -0.3 is 9.47 Å². The first-order chi connectivity index (χ1) is 14.0. The standard InChI is InChI=1S/C22H17BrN2O4/c1-28-21(26)15-9-7-14(8-10-15)17-12-11-16(22(27)29-2)13-20(17)25-24-19-6-4-3-5-18(19)23/h3-13H,1-2H3. The summed E-state index contributed by atoms with van der Waals surface area (Å²) < 4.78 is 10.3. The summed E-state index contributed by atoms with van der Waals surface area (Å²) >= 11 is 3.44. The van der Waals surface area contributed by atoms with Crippen LogP contribution < -0.4 is 0 Å². The van der Waals surface area contributed by atoms with E-state index in [2.05, 4.69) is 26.2 Å². The second kappa shape index (κ2) is 9.25. The van der Waals surface area contributed by atoms with Crippen LogP contribution >= 0.6 is 15.9 Å². The number of rotatable bonds is 5. The van der Waals surface area contributed by atoms with E-state index in [4.69, 9.17) is 9.47 Å². The molecule has 0 fully saturated rings. The highest BCUT2D eigenvalue weighted by atomic mass is 79.9. The molecule has 0 aliphatic carbocycles. The molecule has 0 N–H and O–H groups in total. The Morgan fingerprint density at radius 3 is 2.00 bits per heavy atom. The summed E-state index contributed by atoms with van der Waals surface area (Å²) in [6.07, 6.45) is 0. The fraction of sp³-hybridized carbons (Fsp3) is 0.0909. The molecule has 0 saturated heterocycles. The quantitative estimate of drug-likeness (QED) is 0.345. The molecule has 0 aliphatic heterocycles. The zero-order valence-electron chi connectivity index (χ0n) is 15.8. The highest BCUT2D eigenvalue weighted by Crippen LogP contribution is 2.34. The topological polar surface area (TPSA) is 77.3 Å². The lowest BCUT2D eigenvalue weighted by Gasteiger charge is -2.08. The van der Waals surface area contributed by atoms with Gasteiger partial charge >= 0.3 is 11.9 Å². The van der Waals surface area contributed by atoms with Crippen LogP contribution in [0.2, 0.25) is 0 Å². The van der Waals surface area contributed by atoms with Gasteiger partial charge in [-0.05, 0) is 57.9 Å². The predicted octanol–water partition coefficient (Wildman–Crippen LogP) is 6.10. The molecular weight excluding hydrogens is 436 g/mol. The van der Waals surface area contributed by atoms with E-state index in [9.17, 15) is 9.59 Å². The highest BCUT2D eigenvalue weighted by molar-refractivity contribution is 9.10. The number of halogens is 1. The molecule has 0 aliphatic rings. The Bertz CT molecular complexity index is 1080. The Morgan fingerprint density at radius 2 is 1.34 bits per heavy atom. The van der Waals surface area contributed by atoms with Crippen LogP contribution in [0.15, 0.2) is 81.4 Å². The van der Waals surface area contributed by atoms with E-state index in [0.717, 1.165) is 15.6 Å². The number of esters is 2. The normalized spacial score (nSPS) is 10.7. The molecule has 0 amide bonds. The summed E-state index contributed by atoms with van der Waals surface area (Å²) in [6.45, 7) is 0. The molecule has 29 heavy (non-hydrogen) atoms. The molecule has 3 aromatic carbocycles. The summed E-state index contributed by atoms with van der Waals surface area (Å²) in [7, 11) is 2.66. The monoisotopic (exact) mass is 452 g/mol. The molecule has 0 aromatic heterocycles. The maximum atomic E-state index is 11.9. The van der Waals surface area contributed by atoms with Crippen LogP contribution in [0.4, 0.5) is 11.4 Å². The number of hydrogen-bond acceptors (Lipinski definition) is 6. The molecule has 0 saturated carbocycles. The van der Waals surface area contributed by atoms with Gasteiger partial charge in [-0.25, -0.2) is 9.59 Å². The number of azo groups is 1. The van der Waals surface area contributed by atoms with Crippen LogP contribution in [0.5, 0.6) is 0 Å². The average molecular weight is 453 g/mol. The minimum atomic E-state index is -0.463. The molecule has 146 valence electrons. The van der Waals surface area contributed by atoms with Gasteiger partial charge in [0, 0.05) is 10.0 Å². The molecule has 0 spiro atoms. The number of carbonyl (C=O) groups excluding carboxylic acids is 2. The summed E-state index contributed by atoms with van der Waals surface area (Å²) in [5, 5.41) is 8.66. The lowest BCUT2D eigenvalue weighted by atomic mass is 10.0. The summed E-state index contributed by atoms with van der Waals surface area (Å²) in [5.74, 6) is -0.874. The number of ether oxygens (including phenoxy) is 2. The fourth-order valence-electron chi connectivity index (χ4n) is 2.65. The first kappa shape index (κ1) is 20.4. The number of methoxy groups -OCH3 is 2. The minimum absolute atomic E-state index is 0.364. The maximum Gasteiger partial charge on any atom is 0.337 e. The van der Waals surface area contributed by atoms with Gasteiger partial charge in [0.15, 0.2) is 0 Å². The van der Waals surface area contributed by atoms with Crippen molar-refractivity contribution >= 4 is 39.2 Å². The Morgan fingerprint density at radius 1 is 0.759 bits per heavy atom. The lowest BCUT2D eigenvalue weighted by Crippen LogP contribution is -2.01. The Balaban J connectivity index is 2.05. The molecule has 7 heteroatoms. The molecule has 0 heterocycles. The summed E-state index contributed by atoms with van der Waals surface area (Å²) in [5.41, 5.74) is 3.53. The first-order valence-electron chi connectivity index (χ1n) is 8.61. The second-order valence-electron chi connectivity index (χ2n) is 5.94. The van der Waals surface area contributed by atoms with E-state index in [1.165, 1.54) is 14.2 Å². The predicted molar refractivity (Wildman–Crippen MR) is 113 cm³/mol. The third-order valence-electron chi connectivity index (χ3n) is 4.15. The first-order valence-corrected chi connectivity index (χ1v) is 9.40. The number of nitrogens with zero attached hydrogens (tertiary/aromatic N) is 2. The zero-order valence-corrected chi connectivity index (χ0v) is 17.3. The van der Waals surface area contributed by atoms with Crippen molar-refractivity contribution in [3.05, 3.63) is 82.3 Å². The van der Waals surface area contributed by atoms with Crippen molar-refractivity contribution in [2.24, 2.45) is 10.2 Å². The molecule has 3 rings (SSSR count). The van der Waals surface area contributed by atoms with Crippen LogP contribution in [0.3, 0.4) is 0 Å². The fourth-order valence-corrected chi connectivity index (χ4v) is 3.01. The molecule has 0 bridgehead atoms. The van der Waals surface area contributed by atoms with Gasteiger partial charge in [-0.1, -0.05) is 30.3 Å². The summed E-state index contributed by atoms with van der Waals surface area (Å²) in [6, 6.07) is 19.4. The van der Waals surface area contributed by atoms with Crippen molar-refractivity contribution in [1.82, 2.24) is 0 Å².